The van der Waals surface area contributed by atoms with Gasteiger partial charge in [-0.3, -0.25) is 0 Å². The van der Waals surface area contributed by atoms with E-state index in [1.165, 1.54) is 18.4 Å². The minimum atomic E-state index is 0.00963. The third-order valence-corrected chi connectivity index (χ3v) is 4.52. The Morgan fingerprint density at radius 2 is 1.89 bits per heavy atom. The number of aryl methyl sites for hydroxylation is 1. The zero-order valence-corrected chi connectivity index (χ0v) is 11.8. The molecule has 2 rings (SSSR count). The molecule has 1 fully saturated rings. The highest BCUT2D eigenvalue weighted by atomic mass is 16.3. The van der Waals surface area contributed by atoms with Crippen molar-refractivity contribution in [2.45, 2.75) is 57.8 Å². The van der Waals surface area contributed by atoms with Crippen molar-refractivity contribution in [1.82, 2.24) is 0 Å². The fraction of sp³-hybridized carbons (Fsp3) is 0.625. The molecule has 0 bridgehead atoms. The largest absolute Gasteiger partial charge is 0.507 e. The maximum atomic E-state index is 10.5. The smallest absolute Gasteiger partial charge is 0.122 e. The van der Waals surface area contributed by atoms with Crippen molar-refractivity contribution in [3.8, 4) is 5.75 Å². The zero-order valence-electron chi connectivity index (χ0n) is 11.8. The molecular weight excluding hydrogens is 222 g/mol. The Labute approximate surface area is 110 Å². The van der Waals surface area contributed by atoms with E-state index in [0.717, 1.165) is 24.0 Å². The summed E-state index contributed by atoms with van der Waals surface area (Å²) in [5, 5.41) is 10.5. The molecule has 0 spiro atoms. The minimum Gasteiger partial charge on any atom is -0.507 e. The fourth-order valence-electron chi connectivity index (χ4n) is 3.36. The van der Waals surface area contributed by atoms with Crippen LogP contribution in [-0.2, 0) is 5.41 Å². The zero-order chi connectivity index (χ0) is 13.3. The second-order valence-corrected chi connectivity index (χ2v) is 6.04. The van der Waals surface area contributed by atoms with Crippen LogP contribution in [0.4, 0.5) is 0 Å². The van der Waals surface area contributed by atoms with Crippen LogP contribution in [0, 0.1) is 6.92 Å². The first-order chi connectivity index (χ1) is 8.52. The van der Waals surface area contributed by atoms with Gasteiger partial charge in [0, 0.05) is 17.5 Å². The molecule has 0 amide bonds. The highest BCUT2D eigenvalue weighted by Gasteiger charge is 2.38. The number of benzene rings is 1. The molecule has 0 unspecified atom stereocenters. The highest BCUT2D eigenvalue weighted by molar-refractivity contribution is 5.51. The summed E-state index contributed by atoms with van der Waals surface area (Å²) in [4.78, 5) is 0. The fourth-order valence-corrected chi connectivity index (χ4v) is 3.36. The molecule has 1 saturated carbocycles. The van der Waals surface area contributed by atoms with Crippen molar-refractivity contribution < 1.29 is 5.11 Å². The first-order valence-electron chi connectivity index (χ1n) is 7.05. The summed E-state index contributed by atoms with van der Waals surface area (Å²) in [6, 6.07) is 4.19. The standard InChI is InChI=1S/C16H25NO/c1-11(2)13-7-6-12(3)15(18)14(13)16(10-17)8-4-5-9-16/h6-7,11,18H,4-5,8-10,17H2,1-3H3. The van der Waals surface area contributed by atoms with Crippen LogP contribution in [0.1, 0.15) is 62.1 Å². The van der Waals surface area contributed by atoms with E-state index in [1.807, 2.05) is 13.0 Å². The lowest BCUT2D eigenvalue weighted by Crippen LogP contribution is -2.33. The monoisotopic (exact) mass is 247 g/mol. The number of rotatable bonds is 3. The Kier molecular flexibility index (Phi) is 3.67. The van der Waals surface area contributed by atoms with Crippen molar-refractivity contribution in [3.05, 3.63) is 28.8 Å². The van der Waals surface area contributed by atoms with Crippen LogP contribution in [-0.4, -0.2) is 11.7 Å². The van der Waals surface area contributed by atoms with Gasteiger partial charge in [0.15, 0.2) is 0 Å². The maximum absolute atomic E-state index is 10.5. The Morgan fingerprint density at radius 1 is 1.28 bits per heavy atom. The first-order valence-corrected chi connectivity index (χ1v) is 7.05. The van der Waals surface area contributed by atoms with Crippen LogP contribution in [0.15, 0.2) is 12.1 Å². The Bertz CT molecular complexity index is 431. The van der Waals surface area contributed by atoms with Crippen molar-refractivity contribution in [3.63, 3.8) is 0 Å². The number of hydrogen-bond donors (Lipinski definition) is 2. The molecule has 0 aromatic heterocycles. The summed E-state index contributed by atoms with van der Waals surface area (Å²) >= 11 is 0. The van der Waals surface area contributed by atoms with Gasteiger partial charge in [-0.2, -0.15) is 0 Å². The van der Waals surface area contributed by atoms with E-state index >= 15 is 0 Å². The molecule has 0 aliphatic heterocycles. The lowest BCUT2D eigenvalue weighted by Gasteiger charge is -2.32. The second kappa shape index (κ2) is 4.93. The number of hydrogen-bond acceptors (Lipinski definition) is 2. The van der Waals surface area contributed by atoms with Gasteiger partial charge in [-0.05, 0) is 36.8 Å². The van der Waals surface area contributed by atoms with E-state index in [0.29, 0.717) is 18.2 Å². The first kappa shape index (κ1) is 13.4. The van der Waals surface area contributed by atoms with E-state index in [1.54, 1.807) is 0 Å². The topological polar surface area (TPSA) is 46.2 Å². The molecular formula is C16H25NO. The Hall–Kier alpha value is -1.02. The van der Waals surface area contributed by atoms with Crippen molar-refractivity contribution in [2.75, 3.05) is 6.54 Å². The van der Waals surface area contributed by atoms with Gasteiger partial charge < -0.3 is 10.8 Å². The quantitative estimate of drug-likeness (QED) is 0.857. The van der Waals surface area contributed by atoms with Gasteiger partial charge >= 0.3 is 0 Å². The van der Waals surface area contributed by atoms with Crippen LogP contribution in [0.5, 0.6) is 5.75 Å². The van der Waals surface area contributed by atoms with Crippen LogP contribution >= 0.6 is 0 Å². The molecule has 1 aliphatic rings. The molecule has 18 heavy (non-hydrogen) atoms. The van der Waals surface area contributed by atoms with Crippen LogP contribution in [0.2, 0.25) is 0 Å². The molecule has 0 heterocycles. The molecule has 0 radical (unpaired) electrons. The third-order valence-electron chi connectivity index (χ3n) is 4.52. The lowest BCUT2D eigenvalue weighted by atomic mass is 9.73. The predicted molar refractivity (Wildman–Crippen MR) is 76.1 cm³/mol. The molecule has 1 aliphatic carbocycles. The van der Waals surface area contributed by atoms with Crippen molar-refractivity contribution in [2.24, 2.45) is 5.73 Å². The van der Waals surface area contributed by atoms with E-state index in [9.17, 15) is 5.11 Å². The number of nitrogens with two attached hydrogens (primary N) is 1. The molecule has 1 aromatic carbocycles. The summed E-state index contributed by atoms with van der Waals surface area (Å²) < 4.78 is 0. The SMILES string of the molecule is Cc1ccc(C(C)C)c(C2(CN)CCCC2)c1O. The van der Waals surface area contributed by atoms with Gasteiger partial charge in [0.1, 0.15) is 5.75 Å². The average molecular weight is 247 g/mol. The molecule has 2 heteroatoms. The molecule has 0 saturated heterocycles. The molecule has 2 nitrogen and oxygen atoms in total. The predicted octanol–water partition coefficient (Wildman–Crippen LogP) is 3.59. The number of aromatic hydroxyl groups is 1. The van der Waals surface area contributed by atoms with Gasteiger partial charge in [-0.25, -0.2) is 0 Å². The summed E-state index contributed by atoms with van der Waals surface area (Å²) in [7, 11) is 0. The van der Waals surface area contributed by atoms with Crippen LogP contribution < -0.4 is 5.73 Å². The summed E-state index contributed by atoms with van der Waals surface area (Å²) in [6.07, 6.45) is 4.67. The Balaban J connectivity index is 2.63. The van der Waals surface area contributed by atoms with E-state index in [-0.39, 0.29) is 5.41 Å². The van der Waals surface area contributed by atoms with E-state index in [2.05, 4.69) is 19.9 Å². The van der Waals surface area contributed by atoms with Gasteiger partial charge in [-0.15, -0.1) is 0 Å². The van der Waals surface area contributed by atoms with Crippen molar-refractivity contribution >= 4 is 0 Å². The average Bonchev–Trinajstić information content (AvgIpc) is 2.81. The molecule has 3 N–H and O–H groups in total. The van der Waals surface area contributed by atoms with Crippen LogP contribution in [0.25, 0.3) is 0 Å². The molecule has 0 atom stereocenters. The summed E-state index contributed by atoms with van der Waals surface area (Å²) in [5.74, 6) is 0.907. The van der Waals surface area contributed by atoms with Gasteiger partial charge in [0.25, 0.3) is 0 Å². The highest BCUT2D eigenvalue weighted by Crippen LogP contribution is 2.47. The molecule has 1 aromatic rings. The van der Waals surface area contributed by atoms with Gasteiger partial charge in [0.05, 0.1) is 0 Å². The third kappa shape index (κ3) is 2.03. The van der Waals surface area contributed by atoms with E-state index in [4.69, 9.17) is 5.73 Å². The normalized spacial score (nSPS) is 18.5. The van der Waals surface area contributed by atoms with Crippen LogP contribution in [0.3, 0.4) is 0 Å². The second-order valence-electron chi connectivity index (χ2n) is 6.04. The lowest BCUT2D eigenvalue weighted by molar-refractivity contribution is 0.398. The molecule has 100 valence electrons. The van der Waals surface area contributed by atoms with Gasteiger partial charge in [-0.1, -0.05) is 38.8 Å². The van der Waals surface area contributed by atoms with E-state index < -0.39 is 0 Å². The minimum absolute atomic E-state index is 0.00963. The number of phenolic OH excluding ortho intramolecular Hbond substituents is 1. The Morgan fingerprint density at radius 3 is 2.39 bits per heavy atom. The number of phenols is 1. The van der Waals surface area contributed by atoms with Gasteiger partial charge in [0.2, 0.25) is 0 Å². The maximum Gasteiger partial charge on any atom is 0.122 e. The summed E-state index contributed by atoms with van der Waals surface area (Å²) in [6.45, 7) is 6.99. The van der Waals surface area contributed by atoms with Crippen molar-refractivity contribution in [1.29, 1.82) is 0 Å². The summed E-state index contributed by atoms with van der Waals surface area (Å²) in [5.41, 5.74) is 9.46.